The molecular weight excluding hydrogens is 523 g/mol. The fourth-order valence-corrected chi connectivity index (χ4v) is 2.66. The van der Waals surface area contributed by atoms with E-state index in [2.05, 4.69) is 20.3 Å². The summed E-state index contributed by atoms with van der Waals surface area (Å²) < 4.78 is 173. The SMILES string of the molecule is Cn1nnnc1SCCC(=O)OCCC(F)(F)C(F)(F)C(F)(F)C(F)(F)C(F)(F)C(F)(F)F. The van der Waals surface area contributed by atoms with Crippen molar-refractivity contribution in [3.05, 3.63) is 0 Å². The van der Waals surface area contributed by atoms with Crippen molar-refractivity contribution in [3.63, 3.8) is 0 Å². The summed E-state index contributed by atoms with van der Waals surface area (Å²) in [6.45, 7) is -1.78. The van der Waals surface area contributed by atoms with Crippen molar-refractivity contribution in [2.24, 2.45) is 7.05 Å². The van der Waals surface area contributed by atoms with E-state index in [0.717, 1.165) is 16.4 Å². The van der Waals surface area contributed by atoms with Crippen molar-refractivity contribution in [2.75, 3.05) is 12.4 Å². The maximum atomic E-state index is 13.5. The molecule has 0 fully saturated rings. The zero-order valence-electron chi connectivity index (χ0n) is 15.8. The number of alkyl halides is 13. The van der Waals surface area contributed by atoms with Gasteiger partial charge < -0.3 is 4.74 Å². The highest BCUT2D eigenvalue weighted by molar-refractivity contribution is 7.99. The smallest absolute Gasteiger partial charge is 0.460 e. The molecule has 0 aromatic carbocycles. The highest BCUT2D eigenvalue weighted by Crippen LogP contribution is 2.60. The molecule has 0 saturated heterocycles. The molecule has 20 heteroatoms. The first kappa shape index (κ1) is 29.0. The third-order valence-corrected chi connectivity index (χ3v) is 4.81. The topological polar surface area (TPSA) is 69.9 Å². The number of hydrogen-bond donors (Lipinski definition) is 0. The van der Waals surface area contributed by atoms with Crippen LogP contribution in [0.2, 0.25) is 0 Å². The highest BCUT2D eigenvalue weighted by atomic mass is 32.2. The standard InChI is InChI=1S/C13H11F13N4O2S/c1-30-7(27-28-29-30)33-5-2-6(31)32-4-3-8(14,15)9(16,17)10(18,19)11(20,21)12(22,23)13(24,25)26/h2-5H2,1H3. The molecule has 0 aliphatic heterocycles. The minimum absolute atomic E-state index is 0.142. The van der Waals surface area contributed by atoms with Crippen LogP contribution >= 0.6 is 11.8 Å². The quantitative estimate of drug-likeness (QED) is 0.239. The van der Waals surface area contributed by atoms with Gasteiger partial charge in [0.15, 0.2) is 0 Å². The molecular formula is C13H11F13N4O2S. The molecule has 33 heavy (non-hydrogen) atoms. The Morgan fingerprint density at radius 3 is 1.85 bits per heavy atom. The van der Waals surface area contributed by atoms with Gasteiger partial charge in [0.05, 0.1) is 19.4 Å². The van der Waals surface area contributed by atoms with Gasteiger partial charge in [0.2, 0.25) is 5.16 Å². The van der Waals surface area contributed by atoms with Crippen LogP contribution < -0.4 is 0 Å². The average molecular weight is 534 g/mol. The zero-order valence-corrected chi connectivity index (χ0v) is 16.6. The van der Waals surface area contributed by atoms with Gasteiger partial charge in [-0.2, -0.15) is 57.1 Å². The van der Waals surface area contributed by atoms with Gasteiger partial charge in [0, 0.05) is 12.8 Å². The molecule has 1 aromatic rings. The number of esters is 1. The number of carbonyl (C=O) groups excluding carboxylic acids is 1. The number of hydrogen-bond acceptors (Lipinski definition) is 6. The number of tetrazole rings is 1. The van der Waals surface area contributed by atoms with Crippen molar-refractivity contribution in [3.8, 4) is 0 Å². The van der Waals surface area contributed by atoms with Crippen molar-refractivity contribution in [1.29, 1.82) is 0 Å². The molecule has 0 saturated carbocycles. The minimum Gasteiger partial charge on any atom is -0.465 e. The number of carbonyl (C=O) groups is 1. The Labute approximate surface area is 178 Å². The molecule has 0 amide bonds. The summed E-state index contributed by atoms with van der Waals surface area (Å²) in [6.07, 6.45) is -10.7. The summed E-state index contributed by atoms with van der Waals surface area (Å²) >= 11 is 0.848. The molecule has 1 aromatic heterocycles. The van der Waals surface area contributed by atoms with Crippen LogP contribution in [0, 0.1) is 0 Å². The van der Waals surface area contributed by atoms with Crippen LogP contribution in [-0.4, -0.2) is 74.3 Å². The van der Waals surface area contributed by atoms with E-state index in [4.69, 9.17) is 0 Å². The third kappa shape index (κ3) is 5.39. The number of ether oxygens (including phenoxy) is 1. The van der Waals surface area contributed by atoms with Crippen LogP contribution in [0.5, 0.6) is 0 Å². The molecule has 0 spiro atoms. The van der Waals surface area contributed by atoms with Crippen molar-refractivity contribution in [1.82, 2.24) is 20.2 Å². The first-order valence-corrected chi connectivity index (χ1v) is 9.08. The summed E-state index contributed by atoms with van der Waals surface area (Å²) in [6, 6.07) is 0. The van der Waals surface area contributed by atoms with Crippen LogP contribution in [0.4, 0.5) is 57.1 Å². The lowest BCUT2D eigenvalue weighted by molar-refractivity contribution is -0.440. The fourth-order valence-electron chi connectivity index (χ4n) is 1.89. The number of aromatic nitrogens is 4. The van der Waals surface area contributed by atoms with Crippen LogP contribution in [-0.2, 0) is 16.6 Å². The summed E-state index contributed by atoms with van der Waals surface area (Å²) in [4.78, 5) is 11.4. The molecule has 0 aliphatic carbocycles. The molecule has 6 nitrogen and oxygen atoms in total. The molecule has 0 atom stereocenters. The van der Waals surface area contributed by atoms with E-state index in [9.17, 15) is 61.9 Å². The molecule has 0 radical (unpaired) electrons. The summed E-state index contributed by atoms with van der Waals surface area (Å²) in [5.41, 5.74) is 0. The normalized spacial score (nSPS) is 14.5. The van der Waals surface area contributed by atoms with Gasteiger partial charge in [-0.3, -0.25) is 4.79 Å². The monoisotopic (exact) mass is 534 g/mol. The van der Waals surface area contributed by atoms with Crippen LogP contribution in [0.15, 0.2) is 5.16 Å². The van der Waals surface area contributed by atoms with Crippen LogP contribution in [0.3, 0.4) is 0 Å². The average Bonchev–Trinajstić information content (AvgIpc) is 3.05. The summed E-state index contributed by atoms with van der Waals surface area (Å²) in [7, 11) is 1.41. The lowest BCUT2D eigenvalue weighted by Gasteiger charge is -2.39. The van der Waals surface area contributed by atoms with E-state index >= 15 is 0 Å². The van der Waals surface area contributed by atoms with E-state index in [1.807, 2.05) is 0 Å². The molecule has 0 unspecified atom stereocenters. The number of thioether (sulfide) groups is 1. The van der Waals surface area contributed by atoms with Crippen LogP contribution in [0.1, 0.15) is 12.8 Å². The van der Waals surface area contributed by atoms with Crippen molar-refractivity contribution >= 4 is 17.7 Å². The van der Waals surface area contributed by atoms with Gasteiger partial charge in [-0.05, 0) is 10.4 Å². The van der Waals surface area contributed by atoms with Gasteiger partial charge in [-0.25, -0.2) is 4.68 Å². The van der Waals surface area contributed by atoms with Crippen molar-refractivity contribution in [2.45, 2.75) is 53.8 Å². The second-order valence-electron chi connectivity index (χ2n) is 6.15. The van der Waals surface area contributed by atoms with E-state index in [-0.39, 0.29) is 10.9 Å². The largest absolute Gasteiger partial charge is 0.465 e. The number of nitrogens with zero attached hydrogens (tertiary/aromatic N) is 4. The Hall–Kier alpha value is -2.02. The van der Waals surface area contributed by atoms with E-state index in [0.29, 0.717) is 0 Å². The minimum atomic E-state index is -7.96. The van der Waals surface area contributed by atoms with E-state index in [1.54, 1.807) is 0 Å². The van der Waals surface area contributed by atoms with Gasteiger partial charge in [0.1, 0.15) is 0 Å². The lowest BCUT2D eigenvalue weighted by Crippen LogP contribution is -2.70. The van der Waals surface area contributed by atoms with E-state index < -0.39 is 61.2 Å². The molecule has 1 rings (SSSR count). The zero-order chi connectivity index (χ0) is 26.1. The maximum absolute atomic E-state index is 13.5. The van der Waals surface area contributed by atoms with Crippen LogP contribution in [0.25, 0.3) is 0 Å². The second-order valence-corrected chi connectivity index (χ2v) is 7.22. The summed E-state index contributed by atoms with van der Waals surface area (Å²) in [5.74, 6) is -38.8. The summed E-state index contributed by atoms with van der Waals surface area (Å²) in [5, 5.41) is 10.3. The number of rotatable bonds is 11. The second kappa shape index (κ2) is 9.32. The first-order valence-electron chi connectivity index (χ1n) is 8.10. The predicted octanol–water partition coefficient (Wildman–Crippen LogP) is 4.36. The molecule has 0 aliphatic rings. The first-order chi connectivity index (χ1) is 14.6. The van der Waals surface area contributed by atoms with Crippen molar-refractivity contribution < 1.29 is 66.6 Å². The molecule has 192 valence electrons. The predicted molar refractivity (Wildman–Crippen MR) is 80.5 cm³/mol. The Kier molecular flexibility index (Phi) is 8.19. The van der Waals surface area contributed by atoms with Gasteiger partial charge in [0.25, 0.3) is 0 Å². The van der Waals surface area contributed by atoms with E-state index in [1.165, 1.54) is 7.05 Å². The Morgan fingerprint density at radius 2 is 1.39 bits per heavy atom. The molecule has 0 N–H and O–H groups in total. The Bertz CT molecular complexity index is 827. The lowest BCUT2D eigenvalue weighted by atomic mass is 9.93. The highest BCUT2D eigenvalue weighted by Gasteiger charge is 2.90. The van der Waals surface area contributed by atoms with Gasteiger partial charge in [-0.1, -0.05) is 11.8 Å². The third-order valence-electron chi connectivity index (χ3n) is 3.80. The maximum Gasteiger partial charge on any atom is 0.460 e. The molecule has 1 heterocycles. The number of halogens is 13. The molecule has 0 bridgehead atoms. The number of aryl methyl sites for hydroxylation is 1. The van der Waals surface area contributed by atoms with Gasteiger partial charge in [-0.15, -0.1) is 5.10 Å². The van der Waals surface area contributed by atoms with Gasteiger partial charge >= 0.3 is 41.8 Å². The fraction of sp³-hybridized carbons (Fsp3) is 0.846. The Morgan fingerprint density at radius 1 is 0.879 bits per heavy atom. The Balaban J connectivity index is 2.81.